The third-order valence-corrected chi connectivity index (χ3v) is 2.29. The maximum atomic E-state index is 5.68. The molecule has 1 heteroatoms. The molecule has 0 aromatic heterocycles. The Morgan fingerprint density at radius 2 is 1.71 bits per heavy atom. The van der Waals surface area contributed by atoms with E-state index in [2.05, 4.69) is 13.2 Å². The first-order valence-electron chi connectivity index (χ1n) is 5.53. The second-order valence-electron chi connectivity index (χ2n) is 3.80. The maximum absolute atomic E-state index is 5.68. The van der Waals surface area contributed by atoms with Gasteiger partial charge in [-0.1, -0.05) is 48.6 Å². The van der Waals surface area contributed by atoms with E-state index in [1.807, 2.05) is 50.3 Å². The van der Waals surface area contributed by atoms with Crippen LogP contribution in [0.15, 0.2) is 73.1 Å². The van der Waals surface area contributed by atoms with Gasteiger partial charge in [0.05, 0.1) is 0 Å². The first-order valence-corrected chi connectivity index (χ1v) is 5.53. The highest BCUT2D eigenvalue weighted by Gasteiger charge is 1.95. The van der Waals surface area contributed by atoms with E-state index in [9.17, 15) is 0 Å². The molecule has 0 bridgehead atoms. The first-order chi connectivity index (χ1) is 8.15. The molecule has 1 nitrogen and oxygen atoms in total. The van der Waals surface area contributed by atoms with Crippen molar-refractivity contribution in [3.63, 3.8) is 0 Å². The molecule has 0 saturated heterocycles. The lowest BCUT2D eigenvalue weighted by molar-refractivity contribution is 0.444. The molecule has 0 amide bonds. The van der Waals surface area contributed by atoms with Gasteiger partial charge in [-0.25, -0.2) is 0 Å². The molecular formula is C16H18O. The van der Waals surface area contributed by atoms with Gasteiger partial charge in [-0.3, -0.25) is 0 Å². The summed E-state index contributed by atoms with van der Waals surface area (Å²) in [4.78, 5) is 0. The van der Waals surface area contributed by atoms with Crippen LogP contribution in [0.25, 0.3) is 0 Å². The summed E-state index contributed by atoms with van der Waals surface area (Å²) in [6.07, 6.45) is 7.30. The summed E-state index contributed by atoms with van der Waals surface area (Å²) in [5, 5.41) is 0. The van der Waals surface area contributed by atoms with Gasteiger partial charge < -0.3 is 4.74 Å². The van der Waals surface area contributed by atoms with Crippen molar-refractivity contribution >= 4 is 0 Å². The second kappa shape index (κ2) is 6.54. The molecule has 0 fully saturated rings. The lowest BCUT2D eigenvalue weighted by atomic mass is 10.2. The summed E-state index contributed by atoms with van der Waals surface area (Å²) in [5.74, 6) is 1.53. The minimum Gasteiger partial charge on any atom is -0.457 e. The Morgan fingerprint density at radius 1 is 1.06 bits per heavy atom. The largest absolute Gasteiger partial charge is 0.457 e. The van der Waals surface area contributed by atoms with Gasteiger partial charge in [0.25, 0.3) is 0 Å². The van der Waals surface area contributed by atoms with Crippen molar-refractivity contribution in [1.82, 2.24) is 0 Å². The average Bonchev–Trinajstić information content (AvgIpc) is 2.36. The van der Waals surface area contributed by atoms with Crippen LogP contribution in [0.3, 0.4) is 0 Å². The lowest BCUT2D eigenvalue weighted by Crippen LogP contribution is -1.91. The highest BCUT2D eigenvalue weighted by molar-refractivity contribution is 5.31. The van der Waals surface area contributed by atoms with Crippen LogP contribution in [0.1, 0.15) is 12.5 Å². The third-order valence-electron chi connectivity index (χ3n) is 2.29. The molecule has 88 valence electrons. The van der Waals surface area contributed by atoms with Crippen molar-refractivity contribution in [2.24, 2.45) is 0 Å². The molecule has 0 unspecified atom stereocenters. The van der Waals surface area contributed by atoms with E-state index in [1.165, 1.54) is 5.56 Å². The number of ether oxygens (including phenoxy) is 1. The van der Waals surface area contributed by atoms with E-state index in [-0.39, 0.29) is 0 Å². The van der Waals surface area contributed by atoms with Crippen LogP contribution in [0.5, 0.6) is 5.75 Å². The third kappa shape index (κ3) is 4.56. The first kappa shape index (κ1) is 13.0. The Kier molecular flexibility index (Phi) is 5.02. The zero-order chi connectivity index (χ0) is 12.7. The van der Waals surface area contributed by atoms with Crippen LogP contribution >= 0.6 is 0 Å². The van der Waals surface area contributed by atoms with Crippen LogP contribution in [-0.4, -0.2) is 0 Å². The van der Waals surface area contributed by atoms with E-state index in [4.69, 9.17) is 4.74 Å². The summed E-state index contributed by atoms with van der Waals surface area (Å²) < 4.78 is 5.68. The van der Waals surface area contributed by atoms with Gasteiger partial charge in [0, 0.05) is 0 Å². The van der Waals surface area contributed by atoms with Gasteiger partial charge in [-0.05, 0) is 38.1 Å². The fraction of sp³-hybridized carbons (Fsp3) is 0.125. The zero-order valence-corrected chi connectivity index (χ0v) is 10.4. The van der Waals surface area contributed by atoms with Crippen molar-refractivity contribution in [2.75, 3.05) is 0 Å². The topological polar surface area (TPSA) is 9.23 Å². The van der Waals surface area contributed by atoms with Gasteiger partial charge in [-0.15, -0.1) is 0 Å². The highest BCUT2D eigenvalue weighted by Crippen LogP contribution is 2.15. The summed E-state index contributed by atoms with van der Waals surface area (Å²) in [6.45, 7) is 11.5. The lowest BCUT2D eigenvalue weighted by Gasteiger charge is -2.05. The van der Waals surface area contributed by atoms with Crippen molar-refractivity contribution in [3.05, 3.63) is 78.6 Å². The van der Waals surface area contributed by atoms with Crippen LogP contribution in [0.4, 0.5) is 0 Å². The number of allylic oxidation sites excluding steroid dienone is 5. The number of hydrogen-bond donors (Lipinski definition) is 0. The summed E-state index contributed by atoms with van der Waals surface area (Å²) in [6, 6.07) is 7.91. The Morgan fingerprint density at radius 3 is 2.24 bits per heavy atom. The maximum Gasteiger partial charge on any atom is 0.127 e. The zero-order valence-electron chi connectivity index (χ0n) is 10.4. The smallest absolute Gasteiger partial charge is 0.127 e. The summed E-state index contributed by atoms with van der Waals surface area (Å²) >= 11 is 0. The molecule has 0 N–H and O–H groups in total. The minimum atomic E-state index is 0.718. The molecular weight excluding hydrogens is 208 g/mol. The molecule has 17 heavy (non-hydrogen) atoms. The van der Waals surface area contributed by atoms with Gasteiger partial charge in [0.15, 0.2) is 0 Å². The quantitative estimate of drug-likeness (QED) is 0.527. The van der Waals surface area contributed by atoms with E-state index in [1.54, 1.807) is 12.2 Å². The van der Waals surface area contributed by atoms with Crippen molar-refractivity contribution in [2.45, 2.75) is 13.8 Å². The van der Waals surface area contributed by atoms with E-state index >= 15 is 0 Å². The van der Waals surface area contributed by atoms with E-state index in [0.29, 0.717) is 0 Å². The molecule has 0 aliphatic heterocycles. The molecule has 0 aliphatic carbocycles. The van der Waals surface area contributed by atoms with Crippen LogP contribution in [0, 0.1) is 6.92 Å². The minimum absolute atomic E-state index is 0.718. The number of benzene rings is 1. The predicted octanol–water partition coefficient (Wildman–Crippen LogP) is 4.58. The van der Waals surface area contributed by atoms with E-state index < -0.39 is 0 Å². The van der Waals surface area contributed by atoms with Crippen LogP contribution in [0.2, 0.25) is 0 Å². The molecule has 0 saturated carbocycles. The van der Waals surface area contributed by atoms with Crippen LogP contribution in [-0.2, 0) is 0 Å². The fourth-order valence-electron chi connectivity index (χ4n) is 1.17. The van der Waals surface area contributed by atoms with Gasteiger partial charge in [0.2, 0.25) is 0 Å². The molecule has 0 radical (unpaired) electrons. The molecule has 1 aromatic carbocycles. The Labute approximate surface area is 103 Å². The molecule has 0 aliphatic rings. The Balaban J connectivity index is 2.80. The molecule has 0 heterocycles. The fourth-order valence-corrected chi connectivity index (χ4v) is 1.17. The van der Waals surface area contributed by atoms with Crippen molar-refractivity contribution < 1.29 is 4.74 Å². The van der Waals surface area contributed by atoms with Crippen LogP contribution < -0.4 is 4.74 Å². The normalized spacial score (nSPS) is 12.1. The standard InChI is InChI=1S/C16H18O/c1-5-13(3)7-10-15(6-2)17-16-11-8-14(4)9-12-16/h5-12H,1-2H2,3-4H3/b13-7-,15-10+. The molecule has 1 rings (SSSR count). The summed E-state index contributed by atoms with van der Waals surface area (Å²) in [5.41, 5.74) is 2.29. The summed E-state index contributed by atoms with van der Waals surface area (Å²) in [7, 11) is 0. The highest BCUT2D eigenvalue weighted by atomic mass is 16.5. The average molecular weight is 226 g/mol. The SMILES string of the molecule is C=C/C(C)=C\C=C(/C=C)Oc1ccc(C)cc1. The predicted molar refractivity (Wildman–Crippen MR) is 74.0 cm³/mol. The second-order valence-corrected chi connectivity index (χ2v) is 3.80. The van der Waals surface area contributed by atoms with Gasteiger partial charge in [-0.2, -0.15) is 0 Å². The Hall–Kier alpha value is -2.02. The number of rotatable bonds is 5. The number of hydrogen-bond acceptors (Lipinski definition) is 1. The molecule has 0 atom stereocenters. The van der Waals surface area contributed by atoms with Gasteiger partial charge >= 0.3 is 0 Å². The molecule has 1 aromatic rings. The van der Waals surface area contributed by atoms with Crippen molar-refractivity contribution in [3.8, 4) is 5.75 Å². The molecule has 0 spiro atoms. The van der Waals surface area contributed by atoms with E-state index in [0.717, 1.165) is 17.1 Å². The monoisotopic (exact) mass is 226 g/mol. The Bertz CT molecular complexity index is 447. The van der Waals surface area contributed by atoms with Crippen molar-refractivity contribution in [1.29, 1.82) is 0 Å². The number of aryl methyl sites for hydroxylation is 1. The van der Waals surface area contributed by atoms with Gasteiger partial charge in [0.1, 0.15) is 11.5 Å².